The Kier molecular flexibility index (Phi) is 2.62. The van der Waals surface area contributed by atoms with Gasteiger partial charge >= 0.3 is 11.9 Å². The molecule has 0 aliphatic carbocycles. The van der Waals surface area contributed by atoms with E-state index in [1.165, 1.54) is 0 Å². The van der Waals surface area contributed by atoms with Crippen LogP contribution in [0.5, 0.6) is 0 Å². The Hall–Kier alpha value is -1.10. The molecule has 3 aliphatic rings. The first kappa shape index (κ1) is 12.0. The standard InChI is InChI=1S/C13H18O5/c1-5(2)12(14)16-6(3)9-8-4-7-10(17-8)11(9)18-13(7)15/h5-11H,4H2,1-3H3. The van der Waals surface area contributed by atoms with Crippen molar-refractivity contribution >= 4 is 11.9 Å². The summed E-state index contributed by atoms with van der Waals surface area (Å²) in [6.07, 6.45) is 0.0795. The molecule has 0 amide bonds. The van der Waals surface area contributed by atoms with Crippen molar-refractivity contribution in [2.45, 2.75) is 51.6 Å². The highest BCUT2D eigenvalue weighted by atomic mass is 16.6. The maximum atomic E-state index is 11.6. The summed E-state index contributed by atoms with van der Waals surface area (Å²) in [5.41, 5.74) is 0. The molecule has 3 heterocycles. The van der Waals surface area contributed by atoms with Crippen LogP contribution in [-0.4, -0.2) is 36.4 Å². The molecule has 0 aromatic rings. The van der Waals surface area contributed by atoms with E-state index in [2.05, 4.69) is 0 Å². The number of ether oxygens (including phenoxy) is 3. The zero-order valence-corrected chi connectivity index (χ0v) is 10.8. The Bertz CT molecular complexity index is 391. The molecular formula is C13H18O5. The van der Waals surface area contributed by atoms with E-state index in [9.17, 15) is 9.59 Å². The number of hydrogen-bond donors (Lipinski definition) is 0. The molecule has 0 N–H and O–H groups in total. The molecule has 6 atom stereocenters. The second kappa shape index (κ2) is 3.95. The third-order valence-corrected chi connectivity index (χ3v) is 4.22. The van der Waals surface area contributed by atoms with Gasteiger partial charge in [-0.2, -0.15) is 0 Å². The van der Waals surface area contributed by atoms with Crippen molar-refractivity contribution in [1.29, 1.82) is 0 Å². The minimum atomic E-state index is -0.272. The molecular weight excluding hydrogens is 236 g/mol. The van der Waals surface area contributed by atoms with E-state index in [0.29, 0.717) is 6.42 Å². The Morgan fingerprint density at radius 1 is 1.33 bits per heavy atom. The maximum Gasteiger partial charge on any atom is 0.312 e. The first-order chi connectivity index (χ1) is 8.49. The number of hydrogen-bond acceptors (Lipinski definition) is 5. The Morgan fingerprint density at radius 3 is 2.72 bits per heavy atom. The largest absolute Gasteiger partial charge is 0.462 e. The summed E-state index contributed by atoms with van der Waals surface area (Å²) < 4.78 is 16.6. The lowest BCUT2D eigenvalue weighted by Crippen LogP contribution is -2.41. The van der Waals surface area contributed by atoms with Gasteiger partial charge < -0.3 is 14.2 Å². The van der Waals surface area contributed by atoms with Gasteiger partial charge in [0.2, 0.25) is 0 Å². The molecule has 18 heavy (non-hydrogen) atoms. The van der Waals surface area contributed by atoms with Crippen LogP contribution in [0, 0.1) is 17.8 Å². The van der Waals surface area contributed by atoms with Crippen molar-refractivity contribution in [2.24, 2.45) is 17.8 Å². The number of rotatable bonds is 3. The average Bonchev–Trinajstić information content (AvgIpc) is 2.89. The molecule has 0 radical (unpaired) electrons. The van der Waals surface area contributed by atoms with E-state index in [1.54, 1.807) is 13.8 Å². The molecule has 0 saturated carbocycles. The second-order valence-electron chi connectivity index (χ2n) is 5.76. The summed E-state index contributed by atoms with van der Waals surface area (Å²) in [6.45, 7) is 5.46. The van der Waals surface area contributed by atoms with Gasteiger partial charge in [-0.15, -0.1) is 0 Å². The SMILES string of the molecule is CC(C)C(=O)OC(C)C1C2CC3C(=O)OC1C3O2. The maximum absolute atomic E-state index is 11.6. The molecule has 3 fully saturated rings. The van der Waals surface area contributed by atoms with E-state index in [-0.39, 0.29) is 54.1 Å². The van der Waals surface area contributed by atoms with Crippen LogP contribution in [0.15, 0.2) is 0 Å². The van der Waals surface area contributed by atoms with E-state index >= 15 is 0 Å². The number of carbonyl (C=O) groups excluding carboxylic acids is 2. The van der Waals surface area contributed by atoms with Gasteiger partial charge in [0.25, 0.3) is 0 Å². The van der Waals surface area contributed by atoms with Crippen LogP contribution in [0.25, 0.3) is 0 Å². The topological polar surface area (TPSA) is 61.8 Å². The van der Waals surface area contributed by atoms with Crippen LogP contribution in [0.1, 0.15) is 27.2 Å². The van der Waals surface area contributed by atoms with Crippen LogP contribution < -0.4 is 0 Å². The van der Waals surface area contributed by atoms with Crippen LogP contribution in [0.2, 0.25) is 0 Å². The predicted octanol–water partition coefficient (Wildman–Crippen LogP) is 0.903. The summed E-state index contributed by atoms with van der Waals surface area (Å²) in [5.74, 6) is -0.626. The molecule has 6 unspecified atom stereocenters. The highest BCUT2D eigenvalue weighted by Gasteiger charge is 2.64. The van der Waals surface area contributed by atoms with Crippen molar-refractivity contribution < 1.29 is 23.8 Å². The lowest BCUT2D eigenvalue weighted by atomic mass is 9.80. The van der Waals surface area contributed by atoms with Gasteiger partial charge in [-0.1, -0.05) is 13.8 Å². The van der Waals surface area contributed by atoms with Crippen molar-refractivity contribution in [3.05, 3.63) is 0 Å². The van der Waals surface area contributed by atoms with Crippen molar-refractivity contribution in [2.75, 3.05) is 0 Å². The molecule has 100 valence electrons. The molecule has 5 nitrogen and oxygen atoms in total. The minimum Gasteiger partial charge on any atom is -0.462 e. The molecule has 2 bridgehead atoms. The highest BCUT2D eigenvalue weighted by Crippen LogP contribution is 2.50. The van der Waals surface area contributed by atoms with E-state index in [4.69, 9.17) is 14.2 Å². The zero-order chi connectivity index (χ0) is 13.0. The smallest absolute Gasteiger partial charge is 0.312 e. The fraction of sp³-hybridized carbons (Fsp3) is 0.846. The Morgan fingerprint density at radius 2 is 2.06 bits per heavy atom. The number of fused-ring (bicyclic) bond motifs is 1. The summed E-state index contributed by atoms with van der Waals surface area (Å²) in [7, 11) is 0. The molecule has 0 spiro atoms. The summed E-state index contributed by atoms with van der Waals surface area (Å²) in [6, 6.07) is 0. The third kappa shape index (κ3) is 1.56. The number of carbonyl (C=O) groups is 2. The normalized spacial score (nSPS) is 42.2. The minimum absolute atomic E-state index is 0.00795. The molecule has 3 saturated heterocycles. The lowest BCUT2D eigenvalue weighted by molar-refractivity contribution is -0.158. The Balaban J connectivity index is 1.71. The van der Waals surface area contributed by atoms with Crippen molar-refractivity contribution in [1.82, 2.24) is 0 Å². The average molecular weight is 254 g/mol. The van der Waals surface area contributed by atoms with Gasteiger partial charge in [0.1, 0.15) is 18.3 Å². The highest BCUT2D eigenvalue weighted by molar-refractivity contribution is 5.77. The second-order valence-corrected chi connectivity index (χ2v) is 5.76. The van der Waals surface area contributed by atoms with Gasteiger partial charge in [0.05, 0.1) is 23.9 Å². The predicted molar refractivity (Wildman–Crippen MR) is 60.5 cm³/mol. The Labute approximate surface area is 106 Å². The molecule has 0 aromatic carbocycles. The van der Waals surface area contributed by atoms with Crippen LogP contribution >= 0.6 is 0 Å². The van der Waals surface area contributed by atoms with Crippen molar-refractivity contribution in [3.63, 3.8) is 0 Å². The van der Waals surface area contributed by atoms with Gasteiger partial charge in [-0.25, -0.2) is 0 Å². The monoisotopic (exact) mass is 254 g/mol. The van der Waals surface area contributed by atoms with Gasteiger partial charge in [-0.05, 0) is 13.3 Å². The fourth-order valence-corrected chi connectivity index (χ4v) is 3.29. The molecule has 3 aliphatic heterocycles. The first-order valence-corrected chi connectivity index (χ1v) is 6.55. The van der Waals surface area contributed by atoms with E-state index in [0.717, 1.165) is 0 Å². The van der Waals surface area contributed by atoms with E-state index in [1.807, 2.05) is 6.92 Å². The third-order valence-electron chi connectivity index (χ3n) is 4.22. The summed E-state index contributed by atoms with van der Waals surface area (Å²) in [4.78, 5) is 23.2. The van der Waals surface area contributed by atoms with Gasteiger partial charge in [0.15, 0.2) is 0 Å². The zero-order valence-electron chi connectivity index (χ0n) is 10.8. The fourth-order valence-electron chi connectivity index (χ4n) is 3.29. The number of esters is 2. The first-order valence-electron chi connectivity index (χ1n) is 6.55. The molecule has 0 aromatic heterocycles. The van der Waals surface area contributed by atoms with Crippen LogP contribution in [-0.2, 0) is 23.8 Å². The van der Waals surface area contributed by atoms with Crippen molar-refractivity contribution in [3.8, 4) is 0 Å². The van der Waals surface area contributed by atoms with E-state index < -0.39 is 0 Å². The van der Waals surface area contributed by atoms with Gasteiger partial charge in [-0.3, -0.25) is 9.59 Å². The molecule has 5 heteroatoms. The quantitative estimate of drug-likeness (QED) is 0.700. The summed E-state index contributed by atoms with van der Waals surface area (Å²) in [5, 5.41) is 0. The lowest BCUT2D eigenvalue weighted by Gasteiger charge is -2.28. The van der Waals surface area contributed by atoms with Gasteiger partial charge in [0, 0.05) is 0 Å². The van der Waals surface area contributed by atoms with Crippen LogP contribution in [0.4, 0.5) is 0 Å². The summed E-state index contributed by atoms with van der Waals surface area (Å²) >= 11 is 0. The van der Waals surface area contributed by atoms with Crippen LogP contribution in [0.3, 0.4) is 0 Å². The molecule has 3 rings (SSSR count).